The second kappa shape index (κ2) is 8.54. The second-order valence-electron chi connectivity index (χ2n) is 7.77. The van der Waals surface area contributed by atoms with Crippen molar-refractivity contribution < 1.29 is 14.3 Å². The van der Waals surface area contributed by atoms with E-state index in [0.29, 0.717) is 29.8 Å². The van der Waals surface area contributed by atoms with Gasteiger partial charge in [-0.1, -0.05) is 19.9 Å². The molecule has 2 aliphatic rings. The summed E-state index contributed by atoms with van der Waals surface area (Å²) in [4.78, 5) is 24.4. The van der Waals surface area contributed by atoms with E-state index in [9.17, 15) is 9.59 Å². The molecule has 1 saturated carbocycles. The number of nitrogens with one attached hydrogen (secondary N) is 3. The summed E-state index contributed by atoms with van der Waals surface area (Å²) in [6.07, 6.45) is 4.99. The largest absolute Gasteiger partial charge is 0.378 e. The lowest BCUT2D eigenvalue weighted by atomic mass is 9.96. The summed E-state index contributed by atoms with van der Waals surface area (Å²) in [6.45, 7) is 5.04. The van der Waals surface area contributed by atoms with Crippen molar-refractivity contribution in [2.45, 2.75) is 64.1 Å². The summed E-state index contributed by atoms with van der Waals surface area (Å²) >= 11 is 0. The molecule has 26 heavy (non-hydrogen) atoms. The molecule has 142 valence electrons. The van der Waals surface area contributed by atoms with Crippen LogP contribution in [0.5, 0.6) is 0 Å². The molecule has 1 aromatic rings. The number of benzene rings is 1. The average molecular weight is 359 g/mol. The summed E-state index contributed by atoms with van der Waals surface area (Å²) < 4.78 is 5.78. The quantitative estimate of drug-likeness (QED) is 0.729. The molecule has 3 rings (SSSR count). The first kappa shape index (κ1) is 18.7. The number of hydrogen-bond acceptors (Lipinski definition) is 3. The van der Waals surface area contributed by atoms with E-state index in [1.165, 1.54) is 0 Å². The number of anilines is 1. The van der Waals surface area contributed by atoms with Crippen LogP contribution in [0.3, 0.4) is 0 Å². The van der Waals surface area contributed by atoms with Gasteiger partial charge in [0.1, 0.15) is 0 Å². The Balaban J connectivity index is 1.50. The van der Waals surface area contributed by atoms with E-state index in [4.69, 9.17) is 4.74 Å². The first-order valence-electron chi connectivity index (χ1n) is 9.59. The number of rotatable bonds is 6. The van der Waals surface area contributed by atoms with Crippen LogP contribution in [0.1, 0.15) is 56.3 Å². The topological polar surface area (TPSA) is 79.5 Å². The summed E-state index contributed by atoms with van der Waals surface area (Å²) in [7, 11) is 0. The summed E-state index contributed by atoms with van der Waals surface area (Å²) in [5, 5.41) is 8.82. The fourth-order valence-corrected chi connectivity index (χ4v) is 3.29. The Hall–Kier alpha value is -2.08. The van der Waals surface area contributed by atoms with Gasteiger partial charge in [0.2, 0.25) is 0 Å². The normalized spacial score (nSPS) is 22.7. The second-order valence-corrected chi connectivity index (χ2v) is 7.77. The molecular formula is C20H29N3O3. The van der Waals surface area contributed by atoms with Gasteiger partial charge in [-0.15, -0.1) is 0 Å². The van der Waals surface area contributed by atoms with Gasteiger partial charge in [0.05, 0.1) is 6.10 Å². The molecule has 1 aliphatic carbocycles. The van der Waals surface area contributed by atoms with Gasteiger partial charge >= 0.3 is 6.03 Å². The van der Waals surface area contributed by atoms with Crippen LogP contribution in [-0.4, -0.2) is 36.7 Å². The smallest absolute Gasteiger partial charge is 0.319 e. The number of carbonyl (C=O) groups is 2. The number of carbonyl (C=O) groups excluding carboxylic acids is 2. The van der Waals surface area contributed by atoms with Crippen molar-refractivity contribution >= 4 is 17.6 Å². The molecule has 1 heterocycles. The van der Waals surface area contributed by atoms with Crippen LogP contribution in [0, 0.1) is 5.92 Å². The molecule has 2 atom stereocenters. The fourth-order valence-electron chi connectivity index (χ4n) is 3.29. The molecule has 1 aromatic carbocycles. The summed E-state index contributed by atoms with van der Waals surface area (Å²) in [5.41, 5.74) is 1.19. The van der Waals surface area contributed by atoms with Crippen LogP contribution >= 0.6 is 0 Å². The molecule has 0 aromatic heterocycles. The summed E-state index contributed by atoms with van der Waals surface area (Å²) in [6, 6.07) is 7.24. The maximum Gasteiger partial charge on any atom is 0.319 e. The zero-order valence-electron chi connectivity index (χ0n) is 15.6. The maximum atomic E-state index is 12.3. The van der Waals surface area contributed by atoms with E-state index in [2.05, 4.69) is 29.8 Å². The molecule has 1 saturated heterocycles. The van der Waals surface area contributed by atoms with Crippen molar-refractivity contribution in [1.29, 1.82) is 0 Å². The molecule has 6 heteroatoms. The lowest BCUT2D eigenvalue weighted by Crippen LogP contribution is -2.44. The fraction of sp³-hybridized carbons (Fsp3) is 0.600. The number of amides is 3. The molecule has 2 fully saturated rings. The van der Waals surface area contributed by atoms with E-state index in [-0.39, 0.29) is 24.1 Å². The van der Waals surface area contributed by atoms with Gasteiger partial charge in [-0.25, -0.2) is 4.79 Å². The number of hydrogen-bond donors (Lipinski definition) is 3. The predicted molar refractivity (Wildman–Crippen MR) is 101 cm³/mol. The van der Waals surface area contributed by atoms with E-state index in [1.54, 1.807) is 24.3 Å². The Bertz CT molecular complexity index is 643. The van der Waals surface area contributed by atoms with Crippen LogP contribution in [0.25, 0.3) is 0 Å². The van der Waals surface area contributed by atoms with E-state index >= 15 is 0 Å². The highest BCUT2D eigenvalue weighted by Crippen LogP contribution is 2.21. The Labute approximate surface area is 155 Å². The van der Waals surface area contributed by atoms with Crippen LogP contribution < -0.4 is 16.0 Å². The third kappa shape index (κ3) is 5.73. The van der Waals surface area contributed by atoms with E-state index in [0.717, 1.165) is 32.1 Å². The molecule has 0 radical (unpaired) electrons. The summed E-state index contributed by atoms with van der Waals surface area (Å²) in [5.74, 6) is 0.495. The average Bonchev–Trinajstić information content (AvgIpc) is 3.38. The molecular weight excluding hydrogens is 330 g/mol. The Morgan fingerprint density at radius 3 is 2.69 bits per heavy atom. The van der Waals surface area contributed by atoms with Gasteiger partial charge < -0.3 is 20.7 Å². The molecule has 1 aliphatic heterocycles. The first-order valence-corrected chi connectivity index (χ1v) is 9.59. The number of ether oxygens (including phenoxy) is 1. The van der Waals surface area contributed by atoms with Gasteiger partial charge in [-0.3, -0.25) is 4.79 Å². The Morgan fingerprint density at radius 1 is 1.15 bits per heavy atom. The highest BCUT2D eigenvalue weighted by Gasteiger charge is 2.25. The van der Waals surface area contributed by atoms with E-state index in [1.807, 2.05) is 0 Å². The van der Waals surface area contributed by atoms with Gasteiger partial charge in [-0.05, 0) is 56.2 Å². The standard InChI is InChI=1S/C20H29N3O3/c1-13(2)10-18-12-17(8-9-26-18)23-20(25)22-16-5-3-4-14(11-16)19(24)21-15-6-7-15/h3-5,11,13,15,17-18H,6-10,12H2,1-2H3,(H,21,24)(H2,22,23,25). The first-order chi connectivity index (χ1) is 12.5. The molecule has 0 bridgehead atoms. The van der Waals surface area contributed by atoms with Gasteiger partial charge in [0.15, 0.2) is 0 Å². The minimum absolute atomic E-state index is 0.0856. The van der Waals surface area contributed by atoms with Crippen molar-refractivity contribution in [2.24, 2.45) is 5.92 Å². The SMILES string of the molecule is CC(C)CC1CC(NC(=O)Nc2cccc(C(=O)NC3CC3)c2)CCO1. The maximum absolute atomic E-state index is 12.3. The predicted octanol–water partition coefficient (Wildman–Crippen LogP) is 3.29. The Morgan fingerprint density at radius 2 is 1.96 bits per heavy atom. The minimum Gasteiger partial charge on any atom is -0.378 e. The van der Waals surface area contributed by atoms with Gasteiger partial charge in [-0.2, -0.15) is 0 Å². The molecule has 2 unspecified atom stereocenters. The van der Waals surface area contributed by atoms with Crippen LogP contribution in [-0.2, 0) is 4.74 Å². The van der Waals surface area contributed by atoms with Crippen LogP contribution in [0.15, 0.2) is 24.3 Å². The molecule has 6 nitrogen and oxygen atoms in total. The van der Waals surface area contributed by atoms with Crippen molar-refractivity contribution in [3.05, 3.63) is 29.8 Å². The lowest BCUT2D eigenvalue weighted by molar-refractivity contribution is -0.00717. The number of urea groups is 1. The van der Waals surface area contributed by atoms with Crippen LogP contribution in [0.4, 0.5) is 10.5 Å². The van der Waals surface area contributed by atoms with Gasteiger partial charge in [0, 0.05) is 29.9 Å². The molecule has 3 amide bonds. The van der Waals surface area contributed by atoms with Crippen molar-refractivity contribution in [1.82, 2.24) is 10.6 Å². The zero-order chi connectivity index (χ0) is 18.5. The van der Waals surface area contributed by atoms with Crippen LogP contribution in [0.2, 0.25) is 0 Å². The monoisotopic (exact) mass is 359 g/mol. The molecule has 0 spiro atoms. The highest BCUT2D eigenvalue weighted by molar-refractivity contribution is 5.97. The van der Waals surface area contributed by atoms with E-state index < -0.39 is 0 Å². The minimum atomic E-state index is -0.236. The third-order valence-corrected chi connectivity index (χ3v) is 4.73. The lowest BCUT2D eigenvalue weighted by Gasteiger charge is -2.31. The van der Waals surface area contributed by atoms with Crippen molar-refractivity contribution in [2.75, 3.05) is 11.9 Å². The van der Waals surface area contributed by atoms with Crippen molar-refractivity contribution in [3.63, 3.8) is 0 Å². The zero-order valence-corrected chi connectivity index (χ0v) is 15.6. The van der Waals surface area contributed by atoms with Crippen molar-refractivity contribution in [3.8, 4) is 0 Å². The highest BCUT2D eigenvalue weighted by atomic mass is 16.5. The van der Waals surface area contributed by atoms with Gasteiger partial charge in [0.25, 0.3) is 5.91 Å². The third-order valence-electron chi connectivity index (χ3n) is 4.73. The molecule has 3 N–H and O–H groups in total. The Kier molecular flexibility index (Phi) is 6.14.